The number of nitrogens with zero attached hydrogens (tertiary/aromatic N) is 3. The van der Waals surface area contributed by atoms with E-state index < -0.39 is 23.8 Å². The Balaban J connectivity index is 1.19. The number of aliphatic carboxylic acids is 1. The summed E-state index contributed by atoms with van der Waals surface area (Å²) in [6.45, 7) is 1.32. The van der Waals surface area contributed by atoms with Crippen LogP contribution >= 0.6 is 0 Å². The molecule has 0 amide bonds. The number of carboxylic acid groups (broad SMARTS) is 1. The van der Waals surface area contributed by atoms with Crippen molar-refractivity contribution in [2.24, 2.45) is 11.8 Å². The number of methoxy groups -OCH3 is 1. The molecule has 2 N–H and O–H groups in total. The normalized spacial score (nSPS) is 24.4. The molecular formula is C30H32FN3O4. The molecule has 0 radical (unpaired) electrons. The van der Waals surface area contributed by atoms with Crippen LogP contribution in [0.4, 0.5) is 4.39 Å². The van der Waals surface area contributed by atoms with Gasteiger partial charge in [0.1, 0.15) is 17.6 Å². The lowest BCUT2D eigenvalue weighted by Gasteiger charge is -2.47. The molecular weight excluding hydrogens is 485 g/mol. The Hall–Kier alpha value is -3.54. The van der Waals surface area contributed by atoms with Gasteiger partial charge in [0, 0.05) is 24.2 Å². The van der Waals surface area contributed by atoms with E-state index >= 15 is 0 Å². The van der Waals surface area contributed by atoms with Crippen LogP contribution in [0.2, 0.25) is 0 Å². The van der Waals surface area contributed by atoms with Crippen molar-refractivity contribution in [1.29, 1.82) is 5.26 Å². The number of aliphatic hydroxyl groups excluding tert-OH is 1. The van der Waals surface area contributed by atoms with Gasteiger partial charge in [-0.2, -0.15) is 5.26 Å². The molecule has 0 unspecified atom stereocenters. The maximum Gasteiger partial charge on any atom is 0.308 e. The number of pyridine rings is 1. The van der Waals surface area contributed by atoms with E-state index in [1.165, 1.54) is 6.07 Å². The number of halogens is 1. The average Bonchev–Trinajstić information content (AvgIpc) is 2.91. The van der Waals surface area contributed by atoms with Crippen molar-refractivity contribution >= 4 is 16.9 Å². The monoisotopic (exact) mass is 517 g/mol. The lowest BCUT2D eigenvalue weighted by Crippen LogP contribution is -2.52. The maximum absolute atomic E-state index is 13.7. The van der Waals surface area contributed by atoms with Crippen molar-refractivity contribution in [1.82, 2.24) is 9.88 Å². The molecule has 8 heteroatoms. The molecule has 2 heterocycles. The first-order chi connectivity index (χ1) is 18.4. The van der Waals surface area contributed by atoms with Crippen LogP contribution in [0.5, 0.6) is 5.75 Å². The highest BCUT2D eigenvalue weighted by molar-refractivity contribution is 5.83. The largest absolute Gasteiger partial charge is 0.497 e. The second kappa shape index (κ2) is 11.1. The summed E-state index contributed by atoms with van der Waals surface area (Å²) < 4.78 is 19.0. The number of hydrogen-bond donors (Lipinski definition) is 2. The van der Waals surface area contributed by atoms with Gasteiger partial charge in [-0.05, 0) is 98.0 Å². The van der Waals surface area contributed by atoms with Gasteiger partial charge in [-0.3, -0.25) is 14.7 Å². The van der Waals surface area contributed by atoms with Crippen molar-refractivity contribution in [3.05, 3.63) is 71.2 Å². The van der Waals surface area contributed by atoms with Crippen LogP contribution in [0.1, 0.15) is 60.8 Å². The van der Waals surface area contributed by atoms with Crippen LogP contribution in [0.25, 0.3) is 10.9 Å². The minimum Gasteiger partial charge on any atom is -0.497 e. The van der Waals surface area contributed by atoms with Crippen LogP contribution in [0, 0.1) is 29.0 Å². The number of likely N-dealkylation sites (tertiary alicyclic amines) is 1. The van der Waals surface area contributed by atoms with Gasteiger partial charge >= 0.3 is 5.97 Å². The third-order valence-electron chi connectivity index (χ3n) is 8.47. The summed E-state index contributed by atoms with van der Waals surface area (Å²) in [6, 6.07) is 14.3. The van der Waals surface area contributed by atoms with E-state index in [1.807, 2.05) is 30.3 Å². The smallest absolute Gasteiger partial charge is 0.308 e. The van der Waals surface area contributed by atoms with E-state index in [0.29, 0.717) is 31.2 Å². The Morgan fingerprint density at radius 3 is 2.82 bits per heavy atom. The van der Waals surface area contributed by atoms with Crippen molar-refractivity contribution in [3.8, 4) is 11.8 Å². The number of aromatic nitrogens is 1. The summed E-state index contributed by atoms with van der Waals surface area (Å²) in [5, 5.41) is 31.0. The number of rotatable bonds is 8. The van der Waals surface area contributed by atoms with E-state index in [9.17, 15) is 19.4 Å². The van der Waals surface area contributed by atoms with Gasteiger partial charge in [0.2, 0.25) is 0 Å². The molecule has 1 aliphatic heterocycles. The van der Waals surface area contributed by atoms with Crippen LogP contribution in [0.15, 0.2) is 48.7 Å². The maximum atomic E-state index is 13.7. The first-order valence-corrected chi connectivity index (χ1v) is 13.1. The van der Waals surface area contributed by atoms with Gasteiger partial charge in [0.15, 0.2) is 0 Å². The summed E-state index contributed by atoms with van der Waals surface area (Å²) in [4.78, 5) is 18.9. The first-order valence-electron chi connectivity index (χ1n) is 13.1. The number of piperidine rings is 1. The van der Waals surface area contributed by atoms with Gasteiger partial charge in [0.25, 0.3) is 0 Å². The highest BCUT2D eigenvalue weighted by atomic mass is 19.1. The third kappa shape index (κ3) is 5.22. The van der Waals surface area contributed by atoms with Crippen molar-refractivity contribution in [2.75, 3.05) is 20.2 Å². The van der Waals surface area contributed by atoms with E-state index in [4.69, 9.17) is 10.00 Å². The van der Waals surface area contributed by atoms with Gasteiger partial charge in [0.05, 0.1) is 30.2 Å². The molecule has 2 aliphatic rings. The zero-order chi connectivity index (χ0) is 26.8. The van der Waals surface area contributed by atoms with Crippen molar-refractivity contribution in [2.45, 2.75) is 50.2 Å². The Labute approximate surface area is 221 Å². The minimum atomic E-state index is -0.790. The summed E-state index contributed by atoms with van der Waals surface area (Å²) >= 11 is 0. The fourth-order valence-corrected chi connectivity index (χ4v) is 6.11. The van der Waals surface area contributed by atoms with E-state index in [-0.39, 0.29) is 17.4 Å². The number of ether oxygens (including phenoxy) is 1. The second-order valence-corrected chi connectivity index (χ2v) is 10.5. The van der Waals surface area contributed by atoms with Crippen molar-refractivity contribution < 1.29 is 24.1 Å². The molecule has 1 saturated heterocycles. The molecule has 0 bridgehead atoms. The molecule has 2 aromatic carbocycles. The Kier molecular flexibility index (Phi) is 7.59. The van der Waals surface area contributed by atoms with Crippen LogP contribution in [-0.4, -0.2) is 52.3 Å². The number of hydrogen-bond acceptors (Lipinski definition) is 6. The number of fused-ring (bicyclic) bond motifs is 1. The van der Waals surface area contributed by atoms with Crippen LogP contribution in [0.3, 0.4) is 0 Å². The quantitative estimate of drug-likeness (QED) is 0.431. The number of nitriles is 1. The molecule has 2 fully saturated rings. The lowest BCUT2D eigenvalue weighted by molar-refractivity contribution is -0.147. The van der Waals surface area contributed by atoms with E-state index in [1.54, 1.807) is 25.4 Å². The lowest BCUT2D eigenvalue weighted by atomic mass is 9.73. The summed E-state index contributed by atoms with van der Waals surface area (Å²) in [5.41, 5.74) is 2.60. The highest BCUT2D eigenvalue weighted by Gasteiger charge is 2.41. The molecule has 5 rings (SSSR count). The Bertz CT molecular complexity index is 1370. The molecule has 1 aliphatic carbocycles. The fraction of sp³-hybridized carbons (Fsp3) is 0.433. The average molecular weight is 518 g/mol. The second-order valence-electron chi connectivity index (χ2n) is 10.5. The van der Waals surface area contributed by atoms with Crippen LogP contribution < -0.4 is 4.74 Å². The summed E-state index contributed by atoms with van der Waals surface area (Å²) in [6.07, 6.45) is 4.59. The van der Waals surface area contributed by atoms with Crippen LogP contribution in [-0.2, 0) is 4.79 Å². The molecule has 1 saturated carbocycles. The summed E-state index contributed by atoms with van der Waals surface area (Å²) in [5.74, 6) is -0.826. The molecule has 3 aromatic rings. The van der Waals surface area contributed by atoms with E-state index in [0.717, 1.165) is 47.8 Å². The van der Waals surface area contributed by atoms with Crippen molar-refractivity contribution in [3.63, 3.8) is 0 Å². The molecule has 1 aromatic heterocycles. The zero-order valence-corrected chi connectivity index (χ0v) is 21.4. The number of aliphatic hydroxyl groups is 1. The fourth-order valence-electron chi connectivity index (χ4n) is 6.11. The predicted octanol–water partition coefficient (Wildman–Crippen LogP) is 5.04. The molecule has 198 valence electrons. The molecule has 3 atom stereocenters. The van der Waals surface area contributed by atoms with Gasteiger partial charge in [-0.25, -0.2) is 4.39 Å². The topological polar surface area (TPSA) is 107 Å². The number of carbonyl (C=O) groups is 1. The molecule has 0 spiro atoms. The van der Waals surface area contributed by atoms with Gasteiger partial charge < -0.3 is 14.9 Å². The SMILES string of the molecule is COc1ccc2nccc([C@@H](O)CC[C@@H]3CCN(C4CC(c5ccc(F)c(C#N)c5)C4)C[C@@H]3C(=O)O)c2c1. The zero-order valence-electron chi connectivity index (χ0n) is 21.4. The third-order valence-corrected chi connectivity index (χ3v) is 8.47. The van der Waals surface area contributed by atoms with E-state index in [2.05, 4.69) is 9.88 Å². The molecule has 38 heavy (non-hydrogen) atoms. The predicted molar refractivity (Wildman–Crippen MR) is 140 cm³/mol. The Morgan fingerprint density at radius 2 is 2.08 bits per heavy atom. The van der Waals surface area contributed by atoms with Gasteiger partial charge in [-0.15, -0.1) is 0 Å². The summed E-state index contributed by atoms with van der Waals surface area (Å²) in [7, 11) is 1.60. The number of carboxylic acids is 1. The highest BCUT2D eigenvalue weighted by Crippen LogP contribution is 2.43. The first kappa shape index (κ1) is 26.1. The minimum absolute atomic E-state index is 0.00723. The molecule has 7 nitrogen and oxygen atoms in total. The Morgan fingerprint density at radius 1 is 1.26 bits per heavy atom. The number of benzene rings is 2. The standard InChI is InChI=1S/C30H32FN3O4/c1-38-23-4-6-28-25(15-23)24(8-10-33-28)29(35)7-3-18-9-11-34(17-26(18)30(36)37)22-13-20(14-22)19-2-5-27(31)21(12-19)16-32/h2,4-6,8,10,12,15,18,20,22,26,29,35H,3,7,9,11,13-14,17H2,1H3,(H,36,37)/t18-,20?,22?,26+,29+/m1/s1. The van der Waals surface area contributed by atoms with Gasteiger partial charge in [-0.1, -0.05) is 6.07 Å².